The molecule has 1 aliphatic rings. The summed E-state index contributed by atoms with van der Waals surface area (Å²) < 4.78 is 11.7. The minimum absolute atomic E-state index is 0.0106. The van der Waals surface area contributed by atoms with Gasteiger partial charge in [-0.1, -0.05) is 0 Å². The molecule has 4 rings (SSSR count). The van der Waals surface area contributed by atoms with E-state index in [1.54, 1.807) is 6.92 Å². The normalized spacial score (nSPS) is 14.0. The first-order chi connectivity index (χ1) is 11.9. The van der Waals surface area contributed by atoms with Gasteiger partial charge in [0.1, 0.15) is 11.3 Å². The molecule has 0 bridgehead atoms. The highest BCUT2D eigenvalue weighted by Crippen LogP contribution is 2.38. The van der Waals surface area contributed by atoms with Crippen LogP contribution in [0.4, 0.5) is 0 Å². The van der Waals surface area contributed by atoms with Crippen LogP contribution in [-0.4, -0.2) is 21.4 Å². The van der Waals surface area contributed by atoms with Gasteiger partial charge in [-0.3, -0.25) is 4.79 Å². The number of aromatic hydroxyl groups is 3. The summed E-state index contributed by atoms with van der Waals surface area (Å²) >= 11 is 0. The molecule has 3 N–H and O–H groups in total. The first-order valence-electron chi connectivity index (χ1n) is 7.93. The fraction of sp³-hybridized carbons (Fsp3) is 0.211. The van der Waals surface area contributed by atoms with Crippen molar-refractivity contribution in [3.8, 4) is 34.3 Å². The SMILES string of the molecule is Cc1cc(O)cc2oc(-c3ccc(O)c(O)c3)c(OC3CC3)c(=O)c12. The largest absolute Gasteiger partial charge is 0.508 e. The summed E-state index contributed by atoms with van der Waals surface area (Å²) in [6.07, 6.45) is 1.71. The maximum Gasteiger partial charge on any atom is 0.235 e. The van der Waals surface area contributed by atoms with Gasteiger partial charge in [-0.15, -0.1) is 0 Å². The number of benzene rings is 2. The minimum atomic E-state index is -0.329. The highest BCUT2D eigenvalue weighted by Gasteiger charge is 2.28. The lowest BCUT2D eigenvalue weighted by Crippen LogP contribution is -2.12. The van der Waals surface area contributed by atoms with E-state index in [1.807, 2.05) is 0 Å². The zero-order valence-electron chi connectivity index (χ0n) is 13.4. The molecule has 2 aromatic carbocycles. The van der Waals surface area contributed by atoms with Crippen molar-refractivity contribution < 1.29 is 24.5 Å². The van der Waals surface area contributed by atoms with Crippen molar-refractivity contribution in [2.75, 3.05) is 0 Å². The summed E-state index contributed by atoms with van der Waals surface area (Å²) in [5.74, 6) is -0.378. The van der Waals surface area contributed by atoms with E-state index in [2.05, 4.69) is 0 Å². The van der Waals surface area contributed by atoms with Gasteiger partial charge in [0.05, 0.1) is 11.5 Å². The Morgan fingerprint density at radius 1 is 1.08 bits per heavy atom. The Kier molecular flexibility index (Phi) is 3.35. The average Bonchev–Trinajstić information content (AvgIpc) is 3.36. The third-order valence-electron chi connectivity index (χ3n) is 4.18. The Morgan fingerprint density at radius 2 is 1.84 bits per heavy atom. The van der Waals surface area contributed by atoms with Crippen LogP contribution in [0.3, 0.4) is 0 Å². The quantitative estimate of drug-likeness (QED) is 0.632. The number of fused-ring (bicyclic) bond motifs is 1. The lowest BCUT2D eigenvalue weighted by molar-refractivity contribution is 0.295. The van der Waals surface area contributed by atoms with Crippen molar-refractivity contribution in [1.29, 1.82) is 0 Å². The smallest absolute Gasteiger partial charge is 0.235 e. The van der Waals surface area contributed by atoms with Crippen LogP contribution in [0.1, 0.15) is 18.4 Å². The van der Waals surface area contributed by atoms with Crippen LogP contribution in [-0.2, 0) is 0 Å². The fourth-order valence-electron chi connectivity index (χ4n) is 2.80. The molecule has 0 unspecified atom stereocenters. The third kappa shape index (κ3) is 2.65. The van der Waals surface area contributed by atoms with Crippen LogP contribution in [0.25, 0.3) is 22.3 Å². The molecule has 0 saturated heterocycles. The number of rotatable bonds is 3. The molecule has 0 spiro atoms. The molecule has 0 atom stereocenters. The molecule has 6 nitrogen and oxygen atoms in total. The van der Waals surface area contributed by atoms with Crippen molar-refractivity contribution in [2.45, 2.75) is 25.9 Å². The molecule has 0 amide bonds. The maximum absolute atomic E-state index is 13.0. The Labute approximate surface area is 142 Å². The molecule has 25 heavy (non-hydrogen) atoms. The summed E-state index contributed by atoms with van der Waals surface area (Å²) in [5, 5.41) is 29.4. The summed E-state index contributed by atoms with van der Waals surface area (Å²) in [5.41, 5.74) is 0.886. The lowest BCUT2D eigenvalue weighted by Gasteiger charge is -2.13. The predicted molar refractivity (Wildman–Crippen MR) is 91.3 cm³/mol. The van der Waals surface area contributed by atoms with Gasteiger partial charge in [0.15, 0.2) is 17.3 Å². The zero-order chi connectivity index (χ0) is 17.7. The van der Waals surface area contributed by atoms with E-state index in [0.29, 0.717) is 16.5 Å². The molecule has 1 aromatic heterocycles. The van der Waals surface area contributed by atoms with E-state index in [4.69, 9.17) is 9.15 Å². The summed E-state index contributed by atoms with van der Waals surface area (Å²) in [6, 6.07) is 6.99. The van der Waals surface area contributed by atoms with Crippen LogP contribution in [0.15, 0.2) is 39.5 Å². The van der Waals surface area contributed by atoms with Crippen LogP contribution >= 0.6 is 0 Å². The standard InChI is InChI=1S/C19H16O6/c1-9-6-11(20)8-15-16(9)17(23)19(24-12-3-4-12)18(25-15)10-2-5-13(21)14(22)7-10/h2,5-8,12,20-22H,3-4H2,1H3. The van der Waals surface area contributed by atoms with Gasteiger partial charge in [-0.25, -0.2) is 0 Å². The van der Waals surface area contributed by atoms with Gasteiger partial charge in [-0.05, 0) is 49.6 Å². The molecule has 128 valence electrons. The average molecular weight is 340 g/mol. The summed E-state index contributed by atoms with van der Waals surface area (Å²) in [6.45, 7) is 1.71. The van der Waals surface area contributed by atoms with E-state index in [9.17, 15) is 20.1 Å². The van der Waals surface area contributed by atoms with Crippen molar-refractivity contribution in [3.05, 3.63) is 46.1 Å². The van der Waals surface area contributed by atoms with E-state index in [0.717, 1.165) is 12.8 Å². The monoisotopic (exact) mass is 340 g/mol. The predicted octanol–water partition coefficient (Wildman–Crippen LogP) is 3.43. The van der Waals surface area contributed by atoms with Gasteiger partial charge in [0.25, 0.3) is 0 Å². The van der Waals surface area contributed by atoms with Crippen molar-refractivity contribution in [3.63, 3.8) is 0 Å². The molecule has 1 aliphatic carbocycles. The van der Waals surface area contributed by atoms with Crippen molar-refractivity contribution in [2.24, 2.45) is 0 Å². The summed E-state index contributed by atoms with van der Waals surface area (Å²) in [7, 11) is 0. The highest BCUT2D eigenvalue weighted by molar-refractivity contribution is 5.86. The number of ether oxygens (including phenoxy) is 1. The molecular formula is C19H16O6. The van der Waals surface area contributed by atoms with Crippen molar-refractivity contribution >= 4 is 11.0 Å². The van der Waals surface area contributed by atoms with Crippen LogP contribution < -0.4 is 10.2 Å². The van der Waals surface area contributed by atoms with Gasteiger partial charge in [0, 0.05) is 11.6 Å². The Bertz CT molecular complexity index is 1050. The molecule has 1 saturated carbocycles. The van der Waals surface area contributed by atoms with Gasteiger partial charge >= 0.3 is 0 Å². The second kappa shape index (κ2) is 5.44. The Balaban J connectivity index is 2.03. The molecule has 6 heteroatoms. The van der Waals surface area contributed by atoms with E-state index in [1.165, 1.54) is 30.3 Å². The van der Waals surface area contributed by atoms with Crippen LogP contribution in [0, 0.1) is 6.92 Å². The first kappa shape index (κ1) is 15.4. The van der Waals surface area contributed by atoms with E-state index >= 15 is 0 Å². The van der Waals surface area contributed by atoms with Crippen LogP contribution in [0.5, 0.6) is 23.0 Å². The van der Waals surface area contributed by atoms with E-state index < -0.39 is 0 Å². The molecule has 3 aromatic rings. The number of phenols is 3. The third-order valence-corrected chi connectivity index (χ3v) is 4.18. The number of hydrogen-bond acceptors (Lipinski definition) is 6. The molecular weight excluding hydrogens is 324 g/mol. The van der Waals surface area contributed by atoms with Crippen LogP contribution in [0.2, 0.25) is 0 Å². The molecule has 0 radical (unpaired) electrons. The minimum Gasteiger partial charge on any atom is -0.508 e. The number of aryl methyl sites for hydroxylation is 1. The Morgan fingerprint density at radius 3 is 2.52 bits per heavy atom. The molecule has 1 fully saturated rings. The molecule has 0 aliphatic heterocycles. The van der Waals surface area contributed by atoms with Crippen molar-refractivity contribution in [1.82, 2.24) is 0 Å². The second-order valence-electron chi connectivity index (χ2n) is 6.25. The number of phenolic OH excluding ortho intramolecular Hbond substituents is 3. The van der Waals surface area contributed by atoms with E-state index in [-0.39, 0.29) is 45.9 Å². The summed E-state index contributed by atoms with van der Waals surface area (Å²) in [4.78, 5) is 13.0. The zero-order valence-corrected chi connectivity index (χ0v) is 13.4. The second-order valence-corrected chi connectivity index (χ2v) is 6.25. The maximum atomic E-state index is 13.0. The molecule has 1 heterocycles. The Hall–Kier alpha value is -3.15. The van der Waals surface area contributed by atoms with Gasteiger partial charge < -0.3 is 24.5 Å². The fourth-order valence-corrected chi connectivity index (χ4v) is 2.80. The lowest BCUT2D eigenvalue weighted by atomic mass is 10.1. The number of hydrogen-bond donors (Lipinski definition) is 3. The first-order valence-corrected chi connectivity index (χ1v) is 7.93. The topological polar surface area (TPSA) is 100 Å². The van der Waals surface area contributed by atoms with Gasteiger partial charge in [0.2, 0.25) is 11.2 Å². The highest BCUT2D eigenvalue weighted by atomic mass is 16.5. The van der Waals surface area contributed by atoms with Gasteiger partial charge in [-0.2, -0.15) is 0 Å².